The van der Waals surface area contributed by atoms with E-state index < -0.39 is 5.97 Å². The van der Waals surface area contributed by atoms with Crippen LogP contribution in [0.25, 0.3) is 11.3 Å². The zero-order valence-corrected chi connectivity index (χ0v) is 10.6. The predicted molar refractivity (Wildman–Crippen MR) is 67.6 cm³/mol. The number of carboxylic acid groups (broad SMARTS) is 1. The average molecular weight is 295 g/mol. The highest BCUT2D eigenvalue weighted by Gasteiger charge is 2.08. The molecule has 1 aromatic carbocycles. The molecule has 2 rings (SSSR count). The van der Waals surface area contributed by atoms with Gasteiger partial charge in [-0.3, -0.25) is 4.79 Å². The number of halogens is 1. The van der Waals surface area contributed by atoms with Crippen molar-refractivity contribution in [2.75, 3.05) is 0 Å². The molecule has 0 aliphatic carbocycles. The Morgan fingerprint density at radius 2 is 2.18 bits per heavy atom. The van der Waals surface area contributed by atoms with Gasteiger partial charge in [-0.05, 0) is 6.07 Å². The molecule has 0 atom stereocenters. The third-order valence-corrected chi connectivity index (χ3v) is 3.12. The number of aromatic nitrogens is 2. The first-order chi connectivity index (χ1) is 8.18. The van der Waals surface area contributed by atoms with Crippen molar-refractivity contribution in [1.29, 1.82) is 0 Å². The first-order valence-electron chi connectivity index (χ1n) is 5.15. The highest BCUT2D eigenvalue weighted by molar-refractivity contribution is 9.10. The van der Waals surface area contributed by atoms with Crippen molar-refractivity contribution in [1.82, 2.24) is 9.55 Å². The first kappa shape index (κ1) is 11.9. The molecule has 2 aromatic rings. The number of rotatable bonds is 4. The van der Waals surface area contributed by atoms with E-state index in [1.807, 2.05) is 28.8 Å². The summed E-state index contributed by atoms with van der Waals surface area (Å²) in [5.74, 6) is -0.809. The SMILES string of the molecule is O=C(O)CCn1cncc1-c1ccccc1Br. The number of hydrogen-bond acceptors (Lipinski definition) is 2. The molecule has 0 saturated heterocycles. The summed E-state index contributed by atoms with van der Waals surface area (Å²) in [7, 11) is 0. The number of nitrogens with zero attached hydrogens (tertiary/aromatic N) is 2. The Bertz CT molecular complexity index is 537. The lowest BCUT2D eigenvalue weighted by atomic mass is 10.1. The number of aliphatic carboxylic acids is 1. The number of carboxylic acids is 1. The second kappa shape index (κ2) is 5.14. The molecule has 0 aliphatic rings. The maximum Gasteiger partial charge on any atom is 0.305 e. The standard InChI is InChI=1S/C12H11BrN2O2/c13-10-4-2-1-3-9(10)11-7-14-8-15(11)6-5-12(16)17/h1-4,7-8H,5-6H2,(H,16,17). The fraction of sp³-hybridized carbons (Fsp3) is 0.167. The molecular weight excluding hydrogens is 284 g/mol. The molecule has 1 aromatic heterocycles. The van der Waals surface area contributed by atoms with E-state index in [2.05, 4.69) is 20.9 Å². The number of hydrogen-bond donors (Lipinski definition) is 1. The van der Waals surface area contributed by atoms with Crippen LogP contribution in [0.5, 0.6) is 0 Å². The topological polar surface area (TPSA) is 55.1 Å². The third kappa shape index (κ3) is 2.74. The summed E-state index contributed by atoms with van der Waals surface area (Å²) in [5.41, 5.74) is 1.93. The van der Waals surface area contributed by atoms with Gasteiger partial charge in [-0.25, -0.2) is 4.98 Å². The Morgan fingerprint density at radius 3 is 2.88 bits per heavy atom. The van der Waals surface area contributed by atoms with Crippen molar-refractivity contribution in [2.45, 2.75) is 13.0 Å². The summed E-state index contributed by atoms with van der Waals surface area (Å²) >= 11 is 3.47. The van der Waals surface area contributed by atoms with Gasteiger partial charge in [-0.1, -0.05) is 34.1 Å². The summed E-state index contributed by atoms with van der Waals surface area (Å²) < 4.78 is 2.81. The quantitative estimate of drug-likeness (QED) is 0.943. The van der Waals surface area contributed by atoms with E-state index in [0.717, 1.165) is 15.7 Å². The van der Waals surface area contributed by atoms with E-state index in [1.54, 1.807) is 12.5 Å². The van der Waals surface area contributed by atoms with Crippen molar-refractivity contribution in [2.24, 2.45) is 0 Å². The maximum absolute atomic E-state index is 10.6. The minimum Gasteiger partial charge on any atom is -0.481 e. The Labute approximate surface area is 107 Å². The molecule has 88 valence electrons. The number of benzene rings is 1. The average Bonchev–Trinajstić information content (AvgIpc) is 2.75. The van der Waals surface area contributed by atoms with Gasteiger partial charge < -0.3 is 9.67 Å². The molecule has 0 fully saturated rings. The van der Waals surface area contributed by atoms with E-state index >= 15 is 0 Å². The lowest BCUT2D eigenvalue weighted by Gasteiger charge is -2.08. The largest absolute Gasteiger partial charge is 0.481 e. The van der Waals surface area contributed by atoms with Crippen LogP contribution in [0.15, 0.2) is 41.3 Å². The Balaban J connectivity index is 2.31. The first-order valence-corrected chi connectivity index (χ1v) is 5.94. The minimum absolute atomic E-state index is 0.0911. The summed E-state index contributed by atoms with van der Waals surface area (Å²) in [5, 5.41) is 8.69. The van der Waals surface area contributed by atoms with Gasteiger partial charge in [0.15, 0.2) is 0 Å². The van der Waals surface area contributed by atoms with Gasteiger partial charge in [0, 0.05) is 16.6 Å². The maximum atomic E-state index is 10.6. The van der Waals surface area contributed by atoms with Crippen molar-refractivity contribution >= 4 is 21.9 Å². The predicted octanol–water partition coefficient (Wildman–Crippen LogP) is 2.79. The molecule has 1 heterocycles. The van der Waals surface area contributed by atoms with E-state index in [-0.39, 0.29) is 6.42 Å². The zero-order valence-electron chi connectivity index (χ0n) is 9.01. The van der Waals surface area contributed by atoms with Gasteiger partial charge >= 0.3 is 5.97 Å². The normalized spacial score (nSPS) is 10.4. The number of imidazole rings is 1. The lowest BCUT2D eigenvalue weighted by Crippen LogP contribution is -2.04. The van der Waals surface area contributed by atoms with Crippen LogP contribution < -0.4 is 0 Å². The molecule has 0 spiro atoms. The number of aryl methyl sites for hydroxylation is 1. The molecule has 0 amide bonds. The van der Waals surface area contributed by atoms with Crippen LogP contribution in [0.1, 0.15) is 6.42 Å². The molecule has 4 nitrogen and oxygen atoms in total. The summed E-state index contributed by atoms with van der Waals surface area (Å²) in [6.45, 7) is 0.423. The highest BCUT2D eigenvalue weighted by atomic mass is 79.9. The second-order valence-corrected chi connectivity index (χ2v) is 4.45. The summed E-state index contributed by atoms with van der Waals surface area (Å²) in [6.07, 6.45) is 3.48. The van der Waals surface area contributed by atoms with Gasteiger partial charge in [0.25, 0.3) is 0 Å². The smallest absolute Gasteiger partial charge is 0.305 e. The van der Waals surface area contributed by atoms with E-state index in [4.69, 9.17) is 5.11 Å². The second-order valence-electron chi connectivity index (χ2n) is 3.60. The van der Waals surface area contributed by atoms with E-state index in [9.17, 15) is 4.79 Å². The zero-order chi connectivity index (χ0) is 12.3. The summed E-state index contributed by atoms with van der Waals surface area (Å²) in [4.78, 5) is 14.6. The van der Waals surface area contributed by atoms with Crippen molar-refractivity contribution in [3.05, 3.63) is 41.3 Å². The van der Waals surface area contributed by atoms with Crippen LogP contribution in [0, 0.1) is 0 Å². The molecule has 17 heavy (non-hydrogen) atoms. The Morgan fingerprint density at radius 1 is 1.41 bits per heavy atom. The monoisotopic (exact) mass is 294 g/mol. The molecule has 0 radical (unpaired) electrons. The Hall–Kier alpha value is -1.62. The van der Waals surface area contributed by atoms with Crippen LogP contribution in [0.4, 0.5) is 0 Å². The minimum atomic E-state index is -0.809. The molecule has 1 N–H and O–H groups in total. The van der Waals surface area contributed by atoms with Gasteiger partial charge in [0.2, 0.25) is 0 Å². The van der Waals surface area contributed by atoms with Crippen molar-refractivity contribution < 1.29 is 9.90 Å². The molecule has 5 heteroatoms. The van der Waals surface area contributed by atoms with Crippen LogP contribution >= 0.6 is 15.9 Å². The highest BCUT2D eigenvalue weighted by Crippen LogP contribution is 2.27. The molecular formula is C12H11BrN2O2. The van der Waals surface area contributed by atoms with Gasteiger partial charge in [-0.15, -0.1) is 0 Å². The van der Waals surface area contributed by atoms with Crippen LogP contribution in [0.2, 0.25) is 0 Å². The number of carbonyl (C=O) groups is 1. The van der Waals surface area contributed by atoms with Crippen molar-refractivity contribution in [3.8, 4) is 11.3 Å². The van der Waals surface area contributed by atoms with E-state index in [1.165, 1.54) is 0 Å². The van der Waals surface area contributed by atoms with Crippen LogP contribution in [-0.2, 0) is 11.3 Å². The fourth-order valence-corrected chi connectivity index (χ4v) is 2.10. The van der Waals surface area contributed by atoms with E-state index in [0.29, 0.717) is 6.54 Å². The molecule has 0 unspecified atom stereocenters. The summed E-state index contributed by atoms with van der Waals surface area (Å²) in [6, 6.07) is 7.79. The molecule has 0 saturated carbocycles. The van der Waals surface area contributed by atoms with Gasteiger partial charge in [0.1, 0.15) is 0 Å². The molecule has 0 bridgehead atoms. The molecule has 0 aliphatic heterocycles. The van der Waals surface area contributed by atoms with Gasteiger partial charge in [-0.2, -0.15) is 0 Å². The third-order valence-electron chi connectivity index (χ3n) is 2.43. The fourth-order valence-electron chi connectivity index (χ4n) is 1.61. The van der Waals surface area contributed by atoms with Crippen LogP contribution in [-0.4, -0.2) is 20.6 Å². The van der Waals surface area contributed by atoms with Crippen LogP contribution in [0.3, 0.4) is 0 Å². The van der Waals surface area contributed by atoms with Crippen molar-refractivity contribution in [3.63, 3.8) is 0 Å². The Kier molecular flexibility index (Phi) is 3.58. The lowest BCUT2D eigenvalue weighted by molar-refractivity contribution is -0.137. The van der Waals surface area contributed by atoms with Gasteiger partial charge in [0.05, 0.1) is 24.6 Å².